The molecule has 0 aromatic carbocycles. The normalized spacial score (nSPS) is 42.4. The quantitative estimate of drug-likeness (QED) is 0.558. The lowest BCUT2D eigenvalue weighted by Gasteiger charge is -2.39. The fourth-order valence-electron chi connectivity index (χ4n) is 7.33. The fraction of sp³-hybridized carbons (Fsp3) is 0.962. The summed E-state index contributed by atoms with van der Waals surface area (Å²) in [6.45, 7) is 3.86. The van der Waals surface area contributed by atoms with Crippen LogP contribution in [0, 0.1) is 23.7 Å². The number of amides is 1. The van der Waals surface area contributed by atoms with E-state index in [0.29, 0.717) is 42.9 Å². The topological polar surface area (TPSA) is 91.3 Å². The molecular weight excluding hydrogens is 420 g/mol. The summed E-state index contributed by atoms with van der Waals surface area (Å²) < 4.78 is 11.8. The molecule has 5 aliphatic rings. The summed E-state index contributed by atoms with van der Waals surface area (Å²) in [6, 6.07) is 0.891. The van der Waals surface area contributed by atoms with E-state index in [1.807, 2.05) is 4.90 Å². The zero-order chi connectivity index (χ0) is 22.8. The van der Waals surface area contributed by atoms with Gasteiger partial charge in [0.1, 0.15) is 0 Å². The lowest BCUT2D eigenvalue weighted by molar-refractivity contribution is -0.158. The molecule has 0 aromatic rings. The number of rotatable bonds is 6. The maximum absolute atomic E-state index is 13.7. The first kappa shape index (κ1) is 24.0. The lowest BCUT2D eigenvalue weighted by atomic mass is 9.78. The molecule has 7 unspecified atom stereocenters. The molecular formula is C26H44N2O5. The molecule has 7 nitrogen and oxygen atoms in total. The van der Waals surface area contributed by atoms with Gasteiger partial charge in [0.25, 0.3) is 0 Å². The van der Waals surface area contributed by atoms with Gasteiger partial charge in [-0.2, -0.15) is 0 Å². The summed E-state index contributed by atoms with van der Waals surface area (Å²) >= 11 is 0. The van der Waals surface area contributed by atoms with Crippen molar-refractivity contribution in [3.8, 4) is 0 Å². The zero-order valence-electron chi connectivity index (χ0n) is 20.1. The van der Waals surface area contributed by atoms with Gasteiger partial charge in [0.15, 0.2) is 0 Å². The van der Waals surface area contributed by atoms with Crippen molar-refractivity contribution in [2.24, 2.45) is 23.7 Å². The van der Waals surface area contributed by atoms with Gasteiger partial charge in [-0.1, -0.05) is 25.7 Å². The van der Waals surface area contributed by atoms with E-state index < -0.39 is 18.1 Å². The molecule has 2 heterocycles. The number of fused-ring (bicyclic) bond motifs is 1. The zero-order valence-corrected chi connectivity index (χ0v) is 20.1. The third-order valence-electron chi connectivity index (χ3n) is 9.18. The van der Waals surface area contributed by atoms with E-state index in [2.05, 4.69) is 5.32 Å². The summed E-state index contributed by atoms with van der Waals surface area (Å²) in [4.78, 5) is 15.8. The van der Waals surface area contributed by atoms with Gasteiger partial charge >= 0.3 is 0 Å². The van der Waals surface area contributed by atoms with Crippen molar-refractivity contribution in [2.75, 3.05) is 32.9 Å². The molecule has 188 valence electrons. The Labute approximate surface area is 198 Å². The van der Waals surface area contributed by atoms with Crippen molar-refractivity contribution >= 4 is 5.91 Å². The number of hydrogen-bond donors (Lipinski definition) is 3. The highest BCUT2D eigenvalue weighted by Crippen LogP contribution is 2.39. The van der Waals surface area contributed by atoms with Gasteiger partial charge in [-0.15, -0.1) is 0 Å². The number of aliphatic hydroxyl groups is 2. The first-order valence-corrected chi connectivity index (χ1v) is 13.7. The molecule has 0 radical (unpaired) electrons. The van der Waals surface area contributed by atoms with Crippen molar-refractivity contribution in [3.63, 3.8) is 0 Å². The largest absolute Gasteiger partial charge is 0.393 e. The Bertz CT molecular complexity index is 651. The number of nitrogens with zero attached hydrogens (tertiary/aromatic N) is 1. The van der Waals surface area contributed by atoms with Crippen LogP contribution in [0.4, 0.5) is 0 Å². The van der Waals surface area contributed by atoms with Crippen LogP contribution >= 0.6 is 0 Å². The second-order valence-corrected chi connectivity index (χ2v) is 11.5. The highest BCUT2D eigenvalue weighted by atomic mass is 16.5. The molecule has 0 spiro atoms. The lowest BCUT2D eigenvalue weighted by Crippen LogP contribution is -2.52. The Morgan fingerprint density at radius 2 is 1.85 bits per heavy atom. The molecule has 3 saturated carbocycles. The average Bonchev–Trinajstić information content (AvgIpc) is 3.48. The third kappa shape index (κ3) is 5.58. The molecule has 0 aromatic heterocycles. The summed E-state index contributed by atoms with van der Waals surface area (Å²) in [7, 11) is 0. The fourth-order valence-corrected chi connectivity index (χ4v) is 7.33. The Hall–Kier alpha value is -0.730. The number of nitrogens with one attached hydrogen (secondary N) is 1. The number of likely N-dealkylation sites (tertiary alicyclic amines) is 1. The van der Waals surface area contributed by atoms with Crippen LogP contribution in [0.2, 0.25) is 0 Å². The number of hydrogen-bond acceptors (Lipinski definition) is 6. The first-order valence-electron chi connectivity index (χ1n) is 13.7. The maximum Gasteiger partial charge on any atom is 0.230 e. The predicted octanol–water partition coefficient (Wildman–Crippen LogP) is 2.09. The van der Waals surface area contributed by atoms with Crippen LogP contribution in [0.3, 0.4) is 0 Å². The number of carbonyl (C=O) groups is 1. The van der Waals surface area contributed by atoms with E-state index in [4.69, 9.17) is 9.47 Å². The molecule has 2 saturated heterocycles. The summed E-state index contributed by atoms with van der Waals surface area (Å²) in [5.74, 6) is 1.06. The van der Waals surface area contributed by atoms with Gasteiger partial charge in [0, 0.05) is 51.2 Å². The van der Waals surface area contributed by atoms with Gasteiger partial charge in [-0.05, 0) is 49.9 Å². The van der Waals surface area contributed by atoms with Crippen molar-refractivity contribution < 1.29 is 24.5 Å². The SMILES string of the molecule is O=C(C1C(O)CC(O)CC1OCC1CCCCC1)N1CC2CCCC(N[C@@H]3CCOC3)C2C1. The molecule has 7 heteroatoms. The molecule has 5 rings (SSSR count). The Morgan fingerprint density at radius 1 is 1.00 bits per heavy atom. The minimum absolute atomic E-state index is 0.0420. The van der Waals surface area contributed by atoms with Gasteiger partial charge < -0.3 is 29.9 Å². The molecule has 3 aliphatic carbocycles. The smallest absolute Gasteiger partial charge is 0.230 e. The highest BCUT2D eigenvalue weighted by molar-refractivity contribution is 5.80. The molecule has 33 heavy (non-hydrogen) atoms. The summed E-state index contributed by atoms with van der Waals surface area (Å²) in [5.41, 5.74) is 0. The second-order valence-electron chi connectivity index (χ2n) is 11.5. The van der Waals surface area contributed by atoms with E-state index in [9.17, 15) is 15.0 Å². The Balaban J connectivity index is 1.22. The standard InChI is InChI=1S/C26H44N2O5/c29-20-11-23(30)25(24(12-20)33-15-17-5-2-1-3-6-17)26(31)28-13-18-7-4-8-22(21(18)14-28)27-19-9-10-32-16-19/h17-25,27,29-30H,1-16H2/t18?,19-,20?,21?,22?,23?,24?,25?/m1/s1. The third-order valence-corrected chi connectivity index (χ3v) is 9.18. The van der Waals surface area contributed by atoms with Crippen LogP contribution in [0.5, 0.6) is 0 Å². The maximum atomic E-state index is 13.7. The molecule has 0 bridgehead atoms. The van der Waals surface area contributed by atoms with Gasteiger partial charge in [0.2, 0.25) is 5.91 Å². The van der Waals surface area contributed by atoms with Crippen molar-refractivity contribution in [3.05, 3.63) is 0 Å². The second kappa shape index (κ2) is 10.9. The monoisotopic (exact) mass is 464 g/mol. The molecule has 5 fully saturated rings. The number of carbonyl (C=O) groups excluding carboxylic acids is 1. The van der Waals surface area contributed by atoms with E-state index in [-0.39, 0.29) is 18.4 Å². The van der Waals surface area contributed by atoms with Crippen molar-refractivity contribution in [1.29, 1.82) is 0 Å². The van der Waals surface area contributed by atoms with Crippen LogP contribution in [0.25, 0.3) is 0 Å². The summed E-state index contributed by atoms with van der Waals surface area (Å²) in [6.07, 6.45) is 9.74. The van der Waals surface area contributed by atoms with Gasteiger partial charge in [-0.25, -0.2) is 0 Å². The Kier molecular flexibility index (Phi) is 7.92. The Morgan fingerprint density at radius 3 is 2.64 bits per heavy atom. The van der Waals surface area contributed by atoms with Crippen LogP contribution < -0.4 is 5.32 Å². The molecule has 2 aliphatic heterocycles. The van der Waals surface area contributed by atoms with E-state index in [1.54, 1.807) is 0 Å². The number of aliphatic hydroxyl groups excluding tert-OH is 2. The number of ether oxygens (including phenoxy) is 2. The minimum atomic E-state index is -0.829. The highest BCUT2D eigenvalue weighted by Gasteiger charge is 2.48. The van der Waals surface area contributed by atoms with Crippen LogP contribution in [0.15, 0.2) is 0 Å². The van der Waals surface area contributed by atoms with Crippen LogP contribution in [0.1, 0.15) is 70.6 Å². The molecule has 1 amide bonds. The van der Waals surface area contributed by atoms with Crippen molar-refractivity contribution in [2.45, 2.75) is 101 Å². The molecule has 3 N–H and O–H groups in total. The molecule has 8 atom stereocenters. The first-order chi connectivity index (χ1) is 16.1. The summed E-state index contributed by atoms with van der Waals surface area (Å²) in [5, 5.41) is 25.0. The van der Waals surface area contributed by atoms with Crippen LogP contribution in [-0.4, -0.2) is 84.3 Å². The van der Waals surface area contributed by atoms with Gasteiger partial charge in [-0.3, -0.25) is 4.79 Å². The van der Waals surface area contributed by atoms with E-state index in [1.165, 1.54) is 51.4 Å². The van der Waals surface area contributed by atoms with E-state index in [0.717, 1.165) is 32.7 Å². The average molecular weight is 465 g/mol. The van der Waals surface area contributed by atoms with E-state index >= 15 is 0 Å². The predicted molar refractivity (Wildman–Crippen MR) is 125 cm³/mol. The van der Waals surface area contributed by atoms with Gasteiger partial charge in [0.05, 0.1) is 30.8 Å². The van der Waals surface area contributed by atoms with Crippen LogP contribution in [-0.2, 0) is 14.3 Å². The van der Waals surface area contributed by atoms with Crippen molar-refractivity contribution in [1.82, 2.24) is 10.2 Å². The minimum Gasteiger partial charge on any atom is -0.393 e.